The molecule has 1 fully saturated rings. The molecule has 1 nitrogen and oxygen atoms in total. The van der Waals surface area contributed by atoms with E-state index in [1.54, 1.807) is 0 Å². The van der Waals surface area contributed by atoms with E-state index in [0.717, 1.165) is 12.8 Å². The van der Waals surface area contributed by atoms with Crippen molar-refractivity contribution in [3.63, 3.8) is 0 Å². The van der Waals surface area contributed by atoms with Gasteiger partial charge in [0.1, 0.15) is 0 Å². The van der Waals surface area contributed by atoms with Crippen LogP contribution in [0.3, 0.4) is 0 Å². The van der Waals surface area contributed by atoms with Gasteiger partial charge in [0.2, 0.25) is 0 Å². The fourth-order valence-electron chi connectivity index (χ4n) is 2.70. The van der Waals surface area contributed by atoms with E-state index in [1.165, 1.54) is 57.8 Å². The van der Waals surface area contributed by atoms with E-state index in [2.05, 4.69) is 31.7 Å². The van der Waals surface area contributed by atoms with Crippen LogP contribution in [0.1, 0.15) is 77.6 Å². The third-order valence-corrected chi connectivity index (χ3v) is 4.11. The first-order valence-electron chi connectivity index (χ1n) is 8.96. The Balaban J connectivity index is 1.84. The first kappa shape index (κ1) is 18.2. The summed E-state index contributed by atoms with van der Waals surface area (Å²) in [5.74, 6) is 0. The number of hydrogen-bond acceptors (Lipinski definition) is 1. The average molecular weight is 290 g/mol. The maximum absolute atomic E-state index is 5.72. The van der Waals surface area contributed by atoms with Crippen molar-refractivity contribution in [2.45, 2.75) is 89.8 Å². The third kappa shape index (κ3) is 10.5. The number of ether oxygens (including phenoxy) is 1. The summed E-state index contributed by atoms with van der Waals surface area (Å²) in [4.78, 5) is 0. The Labute approximate surface area is 132 Å². The Kier molecular flexibility index (Phi) is 11.2. The van der Waals surface area contributed by atoms with Crippen LogP contribution in [0.4, 0.5) is 0 Å². The maximum atomic E-state index is 5.72. The molecule has 0 radical (unpaired) electrons. The van der Waals surface area contributed by atoms with Crippen molar-refractivity contribution in [2.75, 3.05) is 0 Å². The molecule has 1 saturated heterocycles. The second kappa shape index (κ2) is 12.9. The molecule has 1 rings (SSSR count). The van der Waals surface area contributed by atoms with E-state index in [9.17, 15) is 0 Å². The molecule has 21 heavy (non-hydrogen) atoms. The van der Waals surface area contributed by atoms with Crippen LogP contribution >= 0.6 is 0 Å². The summed E-state index contributed by atoms with van der Waals surface area (Å²) in [5.41, 5.74) is 0. The van der Waals surface area contributed by atoms with Crippen molar-refractivity contribution in [1.82, 2.24) is 0 Å². The number of allylic oxidation sites excluding steroid dienone is 4. The van der Waals surface area contributed by atoms with Gasteiger partial charge in [-0.15, -0.1) is 0 Å². The van der Waals surface area contributed by atoms with Crippen molar-refractivity contribution in [3.8, 4) is 0 Å². The zero-order chi connectivity index (χ0) is 15.2. The number of hydrogen-bond donors (Lipinski definition) is 0. The first-order chi connectivity index (χ1) is 10.4. The van der Waals surface area contributed by atoms with Gasteiger partial charge in [-0.05, 0) is 19.3 Å². The Bertz CT molecular complexity index is 303. The second-order valence-corrected chi connectivity index (χ2v) is 6.08. The molecule has 2 atom stereocenters. The topological polar surface area (TPSA) is 12.5 Å². The standard InChI is InChI=1S/C20H34O/c1-3-5-7-9-11-12-14-16-18-20-19(21-20)17-15-13-10-8-6-4-2/h4,6,8,13,15,19-20H,2-3,5,7,9-12,14,16-18H2,1H3/b8-6-,15-13-. The smallest absolute Gasteiger partial charge is 0.0876 e. The Morgan fingerprint density at radius 1 is 0.857 bits per heavy atom. The van der Waals surface area contributed by atoms with E-state index < -0.39 is 0 Å². The highest BCUT2D eigenvalue weighted by molar-refractivity contribution is 5.02. The third-order valence-electron chi connectivity index (χ3n) is 4.11. The Morgan fingerprint density at radius 2 is 1.57 bits per heavy atom. The van der Waals surface area contributed by atoms with E-state index in [1.807, 2.05) is 12.2 Å². The van der Waals surface area contributed by atoms with Crippen LogP contribution in [0.25, 0.3) is 0 Å². The van der Waals surface area contributed by atoms with Gasteiger partial charge in [0, 0.05) is 0 Å². The summed E-state index contributed by atoms with van der Waals surface area (Å²) in [6.45, 7) is 5.93. The van der Waals surface area contributed by atoms with Crippen molar-refractivity contribution < 1.29 is 4.74 Å². The summed E-state index contributed by atoms with van der Waals surface area (Å²) in [7, 11) is 0. The van der Waals surface area contributed by atoms with Crippen LogP contribution in [0, 0.1) is 0 Å². The van der Waals surface area contributed by atoms with Crippen molar-refractivity contribution in [1.29, 1.82) is 0 Å². The number of rotatable bonds is 14. The van der Waals surface area contributed by atoms with Gasteiger partial charge in [0.25, 0.3) is 0 Å². The van der Waals surface area contributed by atoms with Crippen LogP contribution in [-0.2, 0) is 4.74 Å². The first-order valence-corrected chi connectivity index (χ1v) is 8.96. The fourth-order valence-corrected chi connectivity index (χ4v) is 2.70. The molecular weight excluding hydrogens is 256 g/mol. The molecule has 1 heterocycles. The predicted molar refractivity (Wildman–Crippen MR) is 93.6 cm³/mol. The van der Waals surface area contributed by atoms with Gasteiger partial charge in [-0.1, -0.05) is 95.2 Å². The minimum Gasteiger partial charge on any atom is -0.369 e. The molecule has 0 aromatic rings. The zero-order valence-electron chi connectivity index (χ0n) is 13.9. The van der Waals surface area contributed by atoms with E-state index in [-0.39, 0.29) is 0 Å². The van der Waals surface area contributed by atoms with Crippen molar-refractivity contribution in [2.24, 2.45) is 0 Å². The molecule has 1 aliphatic heterocycles. The molecule has 120 valence electrons. The van der Waals surface area contributed by atoms with Crippen LogP contribution < -0.4 is 0 Å². The lowest BCUT2D eigenvalue weighted by Crippen LogP contribution is -1.93. The van der Waals surface area contributed by atoms with Crippen LogP contribution in [0.5, 0.6) is 0 Å². The molecule has 0 spiro atoms. The SMILES string of the molecule is C=C/C=C\C/C=C\CC1OC1CCCCCCCCCC. The van der Waals surface area contributed by atoms with Gasteiger partial charge in [0.05, 0.1) is 12.2 Å². The quantitative estimate of drug-likeness (QED) is 0.157. The highest BCUT2D eigenvalue weighted by Gasteiger charge is 2.36. The summed E-state index contributed by atoms with van der Waals surface area (Å²) >= 11 is 0. The molecule has 0 N–H and O–H groups in total. The van der Waals surface area contributed by atoms with E-state index in [0.29, 0.717) is 12.2 Å². The minimum absolute atomic E-state index is 0.509. The van der Waals surface area contributed by atoms with Gasteiger partial charge in [-0.25, -0.2) is 0 Å². The van der Waals surface area contributed by atoms with Gasteiger partial charge in [0.15, 0.2) is 0 Å². The van der Waals surface area contributed by atoms with E-state index >= 15 is 0 Å². The Morgan fingerprint density at radius 3 is 2.29 bits per heavy atom. The second-order valence-electron chi connectivity index (χ2n) is 6.08. The molecule has 0 saturated carbocycles. The molecule has 0 aromatic carbocycles. The summed E-state index contributed by atoms with van der Waals surface area (Å²) in [6.07, 6.45) is 26.0. The fraction of sp³-hybridized carbons (Fsp3) is 0.700. The zero-order valence-corrected chi connectivity index (χ0v) is 13.9. The molecule has 2 unspecified atom stereocenters. The van der Waals surface area contributed by atoms with Crippen LogP contribution in [0.15, 0.2) is 37.0 Å². The lowest BCUT2D eigenvalue weighted by molar-refractivity contribution is 0.358. The van der Waals surface area contributed by atoms with Gasteiger partial charge in [-0.3, -0.25) is 0 Å². The summed E-state index contributed by atoms with van der Waals surface area (Å²) < 4.78 is 5.72. The maximum Gasteiger partial charge on any atom is 0.0876 e. The average Bonchev–Trinajstić information content (AvgIpc) is 3.24. The molecule has 0 aliphatic carbocycles. The molecular formula is C20H34O. The molecule has 0 aromatic heterocycles. The molecule has 1 heteroatoms. The molecule has 0 amide bonds. The Hall–Kier alpha value is -0.820. The van der Waals surface area contributed by atoms with Gasteiger partial charge in [-0.2, -0.15) is 0 Å². The normalized spacial score (nSPS) is 21.4. The number of epoxide rings is 1. The highest BCUT2D eigenvalue weighted by Crippen LogP contribution is 2.30. The minimum atomic E-state index is 0.509. The van der Waals surface area contributed by atoms with Gasteiger partial charge < -0.3 is 4.74 Å². The van der Waals surface area contributed by atoms with Gasteiger partial charge >= 0.3 is 0 Å². The summed E-state index contributed by atoms with van der Waals surface area (Å²) in [6, 6.07) is 0. The van der Waals surface area contributed by atoms with Crippen molar-refractivity contribution in [3.05, 3.63) is 37.0 Å². The molecule has 0 bridgehead atoms. The lowest BCUT2D eigenvalue weighted by Gasteiger charge is -2.00. The monoisotopic (exact) mass is 290 g/mol. The van der Waals surface area contributed by atoms with E-state index in [4.69, 9.17) is 4.74 Å². The van der Waals surface area contributed by atoms with Crippen LogP contribution in [-0.4, -0.2) is 12.2 Å². The predicted octanol–water partition coefficient (Wildman–Crippen LogP) is 6.36. The molecule has 1 aliphatic rings. The van der Waals surface area contributed by atoms with Crippen molar-refractivity contribution >= 4 is 0 Å². The lowest BCUT2D eigenvalue weighted by atomic mass is 10.1. The largest absolute Gasteiger partial charge is 0.369 e. The number of unbranched alkanes of at least 4 members (excludes halogenated alkanes) is 7. The summed E-state index contributed by atoms with van der Waals surface area (Å²) in [5, 5.41) is 0. The van der Waals surface area contributed by atoms with Crippen LogP contribution in [0.2, 0.25) is 0 Å². The highest BCUT2D eigenvalue weighted by atomic mass is 16.6.